The summed E-state index contributed by atoms with van der Waals surface area (Å²) in [5.41, 5.74) is -1.39. The number of carbonyl (C=O) groups is 1. The average Bonchev–Trinajstić information content (AvgIpc) is 3.38. The molecule has 3 rings (SSSR count). The van der Waals surface area contributed by atoms with Crippen LogP contribution < -0.4 is 5.32 Å². The van der Waals surface area contributed by atoms with Crippen LogP contribution in [0.25, 0.3) is 0 Å². The summed E-state index contributed by atoms with van der Waals surface area (Å²) in [6.45, 7) is 0.642. The molecule has 24 heavy (non-hydrogen) atoms. The van der Waals surface area contributed by atoms with Gasteiger partial charge in [-0.25, -0.2) is 0 Å². The topological polar surface area (TPSA) is 52.6 Å². The first-order valence-corrected chi connectivity index (χ1v) is 8.15. The molecule has 0 spiro atoms. The fraction of sp³-hybridized carbons (Fsp3) is 0.588. The number of hydrogen-bond acceptors (Lipinski definition) is 3. The number of hydrogen-bond donors (Lipinski definition) is 2. The molecule has 1 aliphatic heterocycles. The standard InChI is InChI=1S/C17H21F3N2O2/c1-21-14-6-5-12(17(18,19)20)9-13(14)15(23)22-8-2-7-16(24,10-22)11-3-4-11/h5-6,9,11,21,24H,2-4,7-8,10H2,1H3. The molecule has 1 aliphatic carbocycles. The van der Waals surface area contributed by atoms with Crippen LogP contribution in [0.1, 0.15) is 41.6 Å². The average molecular weight is 342 g/mol. The number of anilines is 1. The van der Waals surface area contributed by atoms with E-state index in [2.05, 4.69) is 5.32 Å². The smallest absolute Gasteiger partial charge is 0.388 e. The number of rotatable bonds is 3. The number of nitrogens with zero attached hydrogens (tertiary/aromatic N) is 1. The quantitative estimate of drug-likeness (QED) is 0.887. The summed E-state index contributed by atoms with van der Waals surface area (Å²) >= 11 is 0. The number of amides is 1. The van der Waals surface area contributed by atoms with Crippen molar-refractivity contribution in [1.82, 2.24) is 4.90 Å². The lowest BCUT2D eigenvalue weighted by atomic mass is 9.87. The maximum absolute atomic E-state index is 13.0. The molecule has 1 heterocycles. The monoisotopic (exact) mass is 342 g/mol. The zero-order valence-electron chi connectivity index (χ0n) is 13.5. The molecule has 1 aromatic carbocycles. The summed E-state index contributed by atoms with van der Waals surface area (Å²) in [6.07, 6.45) is -1.30. The van der Waals surface area contributed by atoms with Crippen molar-refractivity contribution in [3.8, 4) is 0 Å². The first-order valence-electron chi connectivity index (χ1n) is 8.15. The predicted octanol–water partition coefficient (Wildman–Crippen LogP) is 3.12. The predicted molar refractivity (Wildman–Crippen MR) is 83.8 cm³/mol. The zero-order valence-corrected chi connectivity index (χ0v) is 13.5. The van der Waals surface area contributed by atoms with Crippen molar-refractivity contribution in [1.29, 1.82) is 0 Å². The van der Waals surface area contributed by atoms with Crippen molar-refractivity contribution in [2.45, 2.75) is 37.5 Å². The van der Waals surface area contributed by atoms with Gasteiger partial charge in [-0.2, -0.15) is 13.2 Å². The second kappa shape index (κ2) is 5.95. The van der Waals surface area contributed by atoms with Gasteiger partial charge in [0, 0.05) is 25.8 Å². The third-order valence-electron chi connectivity index (χ3n) is 4.97. The molecule has 0 radical (unpaired) electrons. The lowest BCUT2D eigenvalue weighted by Gasteiger charge is -2.39. The summed E-state index contributed by atoms with van der Waals surface area (Å²) in [6, 6.07) is 3.12. The third kappa shape index (κ3) is 3.22. The number of likely N-dealkylation sites (tertiary alicyclic amines) is 1. The summed E-state index contributed by atoms with van der Waals surface area (Å²) in [4.78, 5) is 14.3. The van der Waals surface area contributed by atoms with E-state index in [4.69, 9.17) is 0 Å². The Hall–Kier alpha value is -1.76. The summed E-state index contributed by atoms with van der Waals surface area (Å²) < 4.78 is 38.9. The fourth-order valence-electron chi connectivity index (χ4n) is 3.48. The molecular formula is C17H21F3N2O2. The van der Waals surface area contributed by atoms with Crippen LogP contribution in [0.2, 0.25) is 0 Å². The normalized spacial score (nSPS) is 24.8. The van der Waals surface area contributed by atoms with Crippen LogP contribution in [0.4, 0.5) is 18.9 Å². The van der Waals surface area contributed by atoms with E-state index in [1.807, 2.05) is 0 Å². The van der Waals surface area contributed by atoms with E-state index in [0.717, 1.165) is 25.0 Å². The molecular weight excluding hydrogens is 321 g/mol. The van der Waals surface area contributed by atoms with Crippen LogP contribution in [0.5, 0.6) is 0 Å². The van der Waals surface area contributed by atoms with Crippen LogP contribution in [-0.2, 0) is 6.18 Å². The highest BCUT2D eigenvalue weighted by Crippen LogP contribution is 2.44. The molecule has 7 heteroatoms. The van der Waals surface area contributed by atoms with Gasteiger partial charge in [0.15, 0.2) is 0 Å². The Balaban J connectivity index is 1.88. The van der Waals surface area contributed by atoms with Crippen LogP contribution in [-0.4, -0.2) is 41.7 Å². The number of halogens is 3. The molecule has 2 aliphatic rings. The fourth-order valence-corrected chi connectivity index (χ4v) is 3.48. The van der Waals surface area contributed by atoms with E-state index >= 15 is 0 Å². The zero-order chi connectivity index (χ0) is 17.5. The van der Waals surface area contributed by atoms with Crippen LogP contribution in [0, 0.1) is 5.92 Å². The first kappa shape index (κ1) is 17.1. The number of β-amino-alcohol motifs (C(OH)–C–C–N with tert-alkyl or cyclic N) is 1. The minimum atomic E-state index is -4.50. The molecule has 1 atom stereocenters. The molecule has 1 amide bonds. The SMILES string of the molecule is CNc1ccc(C(F)(F)F)cc1C(=O)N1CCCC(O)(C2CC2)C1. The van der Waals surface area contributed by atoms with Gasteiger partial charge in [-0.1, -0.05) is 0 Å². The molecule has 0 bridgehead atoms. The molecule has 132 valence electrons. The van der Waals surface area contributed by atoms with Gasteiger partial charge in [0.2, 0.25) is 0 Å². The molecule has 0 aromatic heterocycles. The Labute approximate surface area is 138 Å². The molecule has 2 fully saturated rings. The molecule has 4 nitrogen and oxygen atoms in total. The van der Waals surface area contributed by atoms with Crippen molar-refractivity contribution >= 4 is 11.6 Å². The first-order chi connectivity index (χ1) is 11.2. The Morgan fingerprint density at radius 2 is 2.08 bits per heavy atom. The number of piperidine rings is 1. The van der Waals surface area contributed by atoms with Crippen LogP contribution >= 0.6 is 0 Å². The van der Waals surface area contributed by atoms with E-state index in [-0.39, 0.29) is 18.0 Å². The maximum Gasteiger partial charge on any atom is 0.416 e. The van der Waals surface area contributed by atoms with Crippen LogP contribution in [0.3, 0.4) is 0 Å². The summed E-state index contributed by atoms with van der Waals surface area (Å²) in [5.74, 6) is -0.261. The van der Waals surface area contributed by atoms with Gasteiger partial charge in [0.1, 0.15) is 0 Å². The summed E-state index contributed by atoms with van der Waals surface area (Å²) in [5, 5.41) is 13.5. The van der Waals surface area contributed by atoms with Crippen molar-refractivity contribution < 1.29 is 23.1 Å². The molecule has 2 N–H and O–H groups in total. The van der Waals surface area contributed by atoms with Crippen molar-refractivity contribution in [2.75, 3.05) is 25.5 Å². The second-order valence-electron chi connectivity index (χ2n) is 6.72. The summed E-state index contributed by atoms with van der Waals surface area (Å²) in [7, 11) is 1.57. The number of alkyl halides is 3. The lowest BCUT2D eigenvalue weighted by Crippen LogP contribution is -2.51. The van der Waals surface area contributed by atoms with Crippen LogP contribution in [0.15, 0.2) is 18.2 Å². The minimum absolute atomic E-state index is 0.00706. The maximum atomic E-state index is 13.0. The highest BCUT2D eigenvalue weighted by Gasteiger charge is 2.47. The number of carbonyl (C=O) groups excluding carboxylic acids is 1. The Morgan fingerprint density at radius 3 is 2.67 bits per heavy atom. The Morgan fingerprint density at radius 1 is 1.38 bits per heavy atom. The second-order valence-corrected chi connectivity index (χ2v) is 6.72. The molecule has 1 saturated carbocycles. The van der Waals surface area contributed by atoms with Gasteiger partial charge < -0.3 is 15.3 Å². The van der Waals surface area contributed by atoms with Crippen molar-refractivity contribution in [3.05, 3.63) is 29.3 Å². The molecule has 1 unspecified atom stereocenters. The molecule has 1 saturated heterocycles. The van der Waals surface area contributed by atoms with E-state index in [0.29, 0.717) is 25.1 Å². The Kier molecular flexibility index (Phi) is 4.23. The Bertz CT molecular complexity index is 643. The lowest BCUT2D eigenvalue weighted by molar-refractivity contribution is -0.137. The van der Waals surface area contributed by atoms with Gasteiger partial charge in [-0.05, 0) is 49.8 Å². The number of aliphatic hydroxyl groups is 1. The van der Waals surface area contributed by atoms with E-state index < -0.39 is 23.2 Å². The van der Waals surface area contributed by atoms with Crippen molar-refractivity contribution in [3.63, 3.8) is 0 Å². The van der Waals surface area contributed by atoms with E-state index in [1.165, 1.54) is 11.0 Å². The minimum Gasteiger partial charge on any atom is -0.388 e. The van der Waals surface area contributed by atoms with Gasteiger partial charge in [0.25, 0.3) is 5.91 Å². The third-order valence-corrected chi connectivity index (χ3v) is 4.97. The van der Waals surface area contributed by atoms with Gasteiger partial charge in [0.05, 0.1) is 16.7 Å². The number of benzene rings is 1. The van der Waals surface area contributed by atoms with Gasteiger partial charge in [-0.15, -0.1) is 0 Å². The van der Waals surface area contributed by atoms with E-state index in [1.54, 1.807) is 7.05 Å². The number of nitrogens with one attached hydrogen (secondary N) is 1. The highest BCUT2D eigenvalue weighted by atomic mass is 19.4. The van der Waals surface area contributed by atoms with E-state index in [9.17, 15) is 23.1 Å². The van der Waals surface area contributed by atoms with Gasteiger partial charge in [-0.3, -0.25) is 4.79 Å². The van der Waals surface area contributed by atoms with Crippen molar-refractivity contribution in [2.24, 2.45) is 5.92 Å². The molecule has 1 aromatic rings. The largest absolute Gasteiger partial charge is 0.416 e. The highest BCUT2D eigenvalue weighted by molar-refractivity contribution is 6.00. The van der Waals surface area contributed by atoms with Gasteiger partial charge >= 0.3 is 6.18 Å².